The van der Waals surface area contributed by atoms with Gasteiger partial charge in [-0.3, -0.25) is 4.79 Å². The second-order valence-corrected chi connectivity index (χ2v) is 9.64. The van der Waals surface area contributed by atoms with Gasteiger partial charge in [0, 0.05) is 25.3 Å². The fourth-order valence-corrected chi connectivity index (χ4v) is 5.89. The van der Waals surface area contributed by atoms with Crippen LogP contribution in [0.1, 0.15) is 18.7 Å². The van der Waals surface area contributed by atoms with Crippen LogP contribution in [0.4, 0.5) is 4.39 Å². The zero-order valence-corrected chi connectivity index (χ0v) is 17.1. The summed E-state index contributed by atoms with van der Waals surface area (Å²) in [5.41, 5.74) is 0.444. The highest BCUT2D eigenvalue weighted by Crippen LogP contribution is 2.43. The van der Waals surface area contributed by atoms with Gasteiger partial charge in [0.1, 0.15) is 11.6 Å². The van der Waals surface area contributed by atoms with Crippen molar-refractivity contribution in [1.82, 2.24) is 23.5 Å². The Labute approximate surface area is 172 Å². The van der Waals surface area contributed by atoms with Crippen LogP contribution < -0.4 is 10.7 Å². The van der Waals surface area contributed by atoms with E-state index in [9.17, 15) is 17.6 Å². The van der Waals surface area contributed by atoms with Gasteiger partial charge in [0.05, 0.1) is 5.56 Å². The molecular weight excluding hydrogens is 411 g/mol. The lowest BCUT2D eigenvalue weighted by atomic mass is 9.95. The van der Waals surface area contributed by atoms with Crippen molar-refractivity contribution in [3.05, 3.63) is 52.5 Å². The molecule has 5 rings (SSSR count). The largest absolute Gasteiger partial charge is 0.316 e. The van der Waals surface area contributed by atoms with Gasteiger partial charge in [0.2, 0.25) is 5.78 Å². The van der Waals surface area contributed by atoms with Crippen LogP contribution in [0.5, 0.6) is 0 Å². The molecule has 1 aromatic carbocycles. The van der Waals surface area contributed by atoms with E-state index in [1.54, 1.807) is 25.3 Å². The van der Waals surface area contributed by atoms with Crippen LogP contribution in [0.2, 0.25) is 0 Å². The summed E-state index contributed by atoms with van der Waals surface area (Å²) in [4.78, 5) is 17.4. The monoisotopic (exact) mass is 432 g/mol. The van der Waals surface area contributed by atoms with Crippen LogP contribution in [0.15, 0.2) is 35.3 Å². The first-order chi connectivity index (χ1) is 14.2. The van der Waals surface area contributed by atoms with Crippen molar-refractivity contribution in [3.8, 4) is 11.1 Å². The number of aromatic nitrogens is 4. The predicted molar refractivity (Wildman–Crippen MR) is 107 cm³/mol. The molecule has 1 aliphatic carbocycles. The topological polar surface area (TPSA) is 116 Å². The van der Waals surface area contributed by atoms with E-state index < -0.39 is 16.0 Å². The molecular formula is C19H21FN6O3S. The lowest BCUT2D eigenvalue weighted by Crippen LogP contribution is -2.44. The first-order valence-corrected chi connectivity index (χ1v) is 11.2. The molecule has 1 saturated carbocycles. The van der Waals surface area contributed by atoms with E-state index in [1.165, 1.54) is 21.0 Å². The number of hydrogen-bond acceptors (Lipinski definition) is 5. The number of halogens is 1. The van der Waals surface area contributed by atoms with E-state index in [-0.39, 0.29) is 23.4 Å². The number of benzene rings is 1. The van der Waals surface area contributed by atoms with Crippen molar-refractivity contribution in [3.63, 3.8) is 0 Å². The smallest absolute Gasteiger partial charge is 0.283 e. The van der Waals surface area contributed by atoms with Gasteiger partial charge in [-0.1, -0.05) is 12.1 Å². The van der Waals surface area contributed by atoms with Crippen LogP contribution in [0, 0.1) is 24.6 Å². The van der Waals surface area contributed by atoms with Gasteiger partial charge in [0.25, 0.3) is 15.8 Å². The van der Waals surface area contributed by atoms with Crippen molar-refractivity contribution in [1.29, 1.82) is 0 Å². The van der Waals surface area contributed by atoms with E-state index in [2.05, 4.69) is 10.1 Å². The highest BCUT2D eigenvalue weighted by atomic mass is 32.2. The van der Waals surface area contributed by atoms with Crippen LogP contribution in [-0.4, -0.2) is 44.5 Å². The third kappa shape index (κ3) is 3.13. The number of aryl methyl sites for hydroxylation is 1. The zero-order chi connectivity index (χ0) is 21.2. The summed E-state index contributed by atoms with van der Waals surface area (Å²) in [5, 5.41) is 9.54. The van der Waals surface area contributed by atoms with Crippen molar-refractivity contribution < 1.29 is 12.8 Å². The summed E-state index contributed by atoms with van der Waals surface area (Å²) in [6.07, 6.45) is 3.17. The minimum Gasteiger partial charge on any atom is -0.316 e. The number of fused-ring (bicyclic) bond motifs is 3. The van der Waals surface area contributed by atoms with Gasteiger partial charge in [-0.05, 0) is 49.3 Å². The molecule has 3 aromatic rings. The minimum atomic E-state index is -3.69. The molecule has 2 N–H and O–H groups in total. The molecule has 1 aliphatic heterocycles. The molecule has 9 nitrogen and oxygen atoms in total. The third-order valence-electron chi connectivity index (χ3n) is 6.19. The summed E-state index contributed by atoms with van der Waals surface area (Å²) in [5.74, 6) is 0.866. The highest BCUT2D eigenvalue weighted by molar-refractivity contribution is 7.86. The number of piperidine rings is 1. The maximum Gasteiger partial charge on any atom is 0.283 e. The van der Waals surface area contributed by atoms with Gasteiger partial charge in [-0.25, -0.2) is 9.53 Å². The van der Waals surface area contributed by atoms with E-state index in [0.29, 0.717) is 42.2 Å². The fraction of sp³-hybridized carbons (Fsp3) is 0.421. The molecule has 3 heterocycles. The predicted octanol–water partition coefficient (Wildman–Crippen LogP) is 0.919. The summed E-state index contributed by atoms with van der Waals surface area (Å²) >= 11 is 0. The fourth-order valence-electron chi connectivity index (χ4n) is 4.90. The average molecular weight is 432 g/mol. The first kappa shape index (κ1) is 19.3. The zero-order valence-electron chi connectivity index (χ0n) is 16.3. The second-order valence-electron chi connectivity index (χ2n) is 8.14. The number of rotatable bonds is 4. The standard InChI is InChI=1S/C19H21FN6O3S/c1-11-22-19-24(8-13-6-16-7-14(13)9-25(16)30(21,28)29)10-17(18(27)26(19)23-11)12-3-2-4-15(20)5-12/h2-5,10,13-14,16H,6-9H2,1H3,(H2,21,28,29)/t13-,14-,16+/m1/s1. The van der Waals surface area contributed by atoms with Crippen molar-refractivity contribution in [2.45, 2.75) is 32.4 Å². The quantitative estimate of drug-likeness (QED) is 0.658. The molecule has 2 aliphatic rings. The van der Waals surface area contributed by atoms with Crippen LogP contribution in [-0.2, 0) is 16.8 Å². The summed E-state index contributed by atoms with van der Waals surface area (Å²) in [7, 11) is -3.69. The van der Waals surface area contributed by atoms with E-state index >= 15 is 0 Å². The molecule has 2 bridgehead atoms. The molecule has 11 heteroatoms. The van der Waals surface area contributed by atoms with Gasteiger partial charge < -0.3 is 4.57 Å². The molecule has 3 atom stereocenters. The molecule has 2 fully saturated rings. The summed E-state index contributed by atoms with van der Waals surface area (Å²) in [6.45, 7) is 2.68. The Morgan fingerprint density at radius 2 is 2.10 bits per heavy atom. The van der Waals surface area contributed by atoms with Crippen molar-refractivity contribution >= 4 is 16.0 Å². The maximum absolute atomic E-state index is 13.8. The lowest BCUT2D eigenvalue weighted by molar-refractivity contribution is 0.242. The number of nitrogens with two attached hydrogens (primary N) is 1. The second kappa shape index (κ2) is 6.69. The molecule has 0 radical (unpaired) electrons. The lowest BCUT2D eigenvalue weighted by Gasteiger charge is -2.29. The van der Waals surface area contributed by atoms with Crippen molar-refractivity contribution in [2.24, 2.45) is 17.0 Å². The van der Waals surface area contributed by atoms with Crippen LogP contribution >= 0.6 is 0 Å². The van der Waals surface area contributed by atoms with Gasteiger partial charge in [-0.15, -0.1) is 5.10 Å². The van der Waals surface area contributed by atoms with E-state index in [1.807, 2.05) is 4.57 Å². The first-order valence-electron chi connectivity index (χ1n) is 9.73. The normalized spacial score (nSPS) is 24.2. The number of nitrogens with zero attached hydrogens (tertiary/aromatic N) is 5. The van der Waals surface area contributed by atoms with Gasteiger partial charge in [0.15, 0.2) is 0 Å². The molecule has 2 aromatic heterocycles. The Morgan fingerprint density at radius 1 is 1.30 bits per heavy atom. The van der Waals surface area contributed by atoms with Crippen molar-refractivity contribution in [2.75, 3.05) is 6.54 Å². The Balaban J connectivity index is 1.54. The minimum absolute atomic E-state index is 0.0901. The third-order valence-corrected chi connectivity index (χ3v) is 7.29. The van der Waals surface area contributed by atoms with Gasteiger partial charge >= 0.3 is 0 Å². The average Bonchev–Trinajstić information content (AvgIpc) is 3.37. The summed E-state index contributed by atoms with van der Waals surface area (Å²) < 4.78 is 41.7. The highest BCUT2D eigenvalue weighted by Gasteiger charge is 2.48. The maximum atomic E-state index is 13.8. The van der Waals surface area contributed by atoms with Crippen LogP contribution in [0.3, 0.4) is 0 Å². The molecule has 1 saturated heterocycles. The summed E-state index contributed by atoms with van der Waals surface area (Å²) in [6, 6.07) is 5.79. The Kier molecular flexibility index (Phi) is 4.31. The molecule has 30 heavy (non-hydrogen) atoms. The molecule has 158 valence electrons. The SMILES string of the molecule is Cc1nc2n(C[C@H]3C[C@H]4C[C@@H]3CN4S(N)(=O)=O)cc(-c3cccc(F)c3)c(=O)n2n1. The Bertz CT molecular complexity index is 1320. The molecule has 0 amide bonds. The van der Waals surface area contributed by atoms with Gasteiger partial charge in [-0.2, -0.15) is 22.2 Å². The molecule has 0 unspecified atom stereocenters. The van der Waals surface area contributed by atoms with Crippen LogP contribution in [0.25, 0.3) is 16.9 Å². The van der Waals surface area contributed by atoms with E-state index in [4.69, 9.17) is 5.14 Å². The number of hydrogen-bond donors (Lipinski definition) is 1. The Hall–Kier alpha value is -2.63. The Morgan fingerprint density at radius 3 is 2.77 bits per heavy atom. The van der Waals surface area contributed by atoms with E-state index in [0.717, 1.165) is 6.42 Å². The molecule has 0 spiro atoms.